The first-order chi connectivity index (χ1) is 37.8. The fraction of sp³-hybridized carbons (Fsp3) is 0.0270. The minimum Gasteiger partial charge on any atom is -0.310 e. The Morgan fingerprint density at radius 1 is 0.276 bits per heavy atom. The molecular weight excluding hydrogens is 917 g/mol. The van der Waals surface area contributed by atoms with E-state index in [9.17, 15) is 0 Å². The third-order valence-corrected chi connectivity index (χ3v) is 16.5. The third kappa shape index (κ3) is 6.22. The molecule has 0 saturated heterocycles. The van der Waals surface area contributed by atoms with Gasteiger partial charge in [0.1, 0.15) is 0 Å². The first kappa shape index (κ1) is 43.8. The number of benzene rings is 12. The summed E-state index contributed by atoms with van der Waals surface area (Å²) in [5, 5.41) is 0. The van der Waals surface area contributed by atoms with E-state index in [1.165, 1.54) is 78.1 Å². The summed E-state index contributed by atoms with van der Waals surface area (Å²) >= 11 is 0. The summed E-state index contributed by atoms with van der Waals surface area (Å²) in [5.74, 6) is 0. The van der Waals surface area contributed by atoms with Crippen molar-refractivity contribution in [3.63, 3.8) is 0 Å². The highest BCUT2D eigenvalue weighted by Crippen LogP contribution is 2.66. The molecule has 0 radical (unpaired) electrons. The fourth-order valence-corrected chi connectivity index (χ4v) is 13.6. The van der Waals surface area contributed by atoms with Crippen molar-refractivity contribution >= 4 is 34.1 Å². The molecule has 1 aliphatic heterocycles. The zero-order valence-corrected chi connectivity index (χ0v) is 41.8. The van der Waals surface area contributed by atoms with Crippen LogP contribution >= 0.6 is 0 Å². The van der Waals surface area contributed by atoms with Gasteiger partial charge < -0.3 is 9.80 Å². The number of para-hydroxylation sites is 4. The molecule has 2 aliphatic carbocycles. The Bertz CT molecular complexity index is 4020. The second-order valence-electron chi connectivity index (χ2n) is 20.2. The molecule has 0 aromatic heterocycles. The molecule has 12 aromatic rings. The summed E-state index contributed by atoms with van der Waals surface area (Å²) < 4.78 is 0. The van der Waals surface area contributed by atoms with Gasteiger partial charge in [-0.3, -0.25) is 0 Å². The maximum absolute atomic E-state index is 2.62. The second-order valence-corrected chi connectivity index (χ2v) is 20.2. The Morgan fingerprint density at radius 2 is 0.697 bits per heavy atom. The first-order valence-corrected chi connectivity index (χ1v) is 26.4. The molecule has 3 aliphatic rings. The van der Waals surface area contributed by atoms with Crippen molar-refractivity contribution in [2.45, 2.75) is 10.8 Å². The number of fused-ring (bicyclic) bond motifs is 12. The average Bonchev–Trinajstić information content (AvgIpc) is 4.18. The van der Waals surface area contributed by atoms with Crippen LogP contribution in [0.1, 0.15) is 44.5 Å². The van der Waals surface area contributed by atoms with Gasteiger partial charge in [-0.05, 0) is 115 Å². The average molecular weight is 967 g/mol. The lowest BCUT2D eigenvalue weighted by molar-refractivity contribution is 0.752. The molecule has 76 heavy (non-hydrogen) atoms. The number of hydrogen-bond acceptors (Lipinski definition) is 2. The Morgan fingerprint density at radius 3 is 1.28 bits per heavy atom. The van der Waals surface area contributed by atoms with Crippen LogP contribution in [0.4, 0.5) is 34.1 Å². The molecule has 356 valence electrons. The standard InChI is InChI=1S/C74H50N2/c1-6-26-51(27-7-1)57-38-24-39-58(52-28-8-2-9-29-52)72(57)76(56-48-49-64-61(50-56)59-36-16-18-40-62(59)73(64,53-30-10-3-11-31-53)54-32-12-4-13-33-54)70-47-25-44-67-71(70)60-37-17-19-41-63(60)74(67)65-42-20-22-45-68(65)75(55-34-14-5-15-35-55)69-46-23-21-43-66(69)74/h1-50H. The molecule has 0 fully saturated rings. The molecule has 0 atom stereocenters. The minimum atomic E-state index is -0.644. The molecule has 12 aromatic carbocycles. The van der Waals surface area contributed by atoms with Crippen LogP contribution in [0.15, 0.2) is 303 Å². The van der Waals surface area contributed by atoms with Crippen molar-refractivity contribution in [1.29, 1.82) is 0 Å². The van der Waals surface area contributed by atoms with Crippen LogP contribution in [0.2, 0.25) is 0 Å². The number of hydrogen-bond donors (Lipinski definition) is 0. The molecule has 0 saturated carbocycles. The highest BCUT2D eigenvalue weighted by atomic mass is 15.2. The molecule has 1 heterocycles. The van der Waals surface area contributed by atoms with Crippen LogP contribution in [-0.2, 0) is 10.8 Å². The molecule has 1 spiro atoms. The summed E-state index contributed by atoms with van der Waals surface area (Å²) in [6.45, 7) is 0. The lowest BCUT2D eigenvalue weighted by Gasteiger charge is -2.45. The van der Waals surface area contributed by atoms with Crippen molar-refractivity contribution in [2.24, 2.45) is 0 Å². The summed E-state index contributed by atoms with van der Waals surface area (Å²) in [7, 11) is 0. The molecule has 0 N–H and O–H groups in total. The zero-order valence-electron chi connectivity index (χ0n) is 41.8. The largest absolute Gasteiger partial charge is 0.310 e. The highest BCUT2D eigenvalue weighted by molar-refractivity contribution is 6.06. The summed E-state index contributed by atoms with van der Waals surface area (Å²) in [5.41, 5.74) is 25.3. The minimum absolute atomic E-state index is 0.538. The topological polar surface area (TPSA) is 6.48 Å². The zero-order chi connectivity index (χ0) is 50.2. The molecule has 2 heteroatoms. The van der Waals surface area contributed by atoms with Gasteiger partial charge in [0.05, 0.1) is 33.6 Å². The van der Waals surface area contributed by atoms with Gasteiger partial charge in [0, 0.05) is 28.1 Å². The van der Waals surface area contributed by atoms with Gasteiger partial charge in [0.15, 0.2) is 0 Å². The van der Waals surface area contributed by atoms with E-state index in [-0.39, 0.29) is 0 Å². The van der Waals surface area contributed by atoms with E-state index in [4.69, 9.17) is 0 Å². The van der Waals surface area contributed by atoms with E-state index >= 15 is 0 Å². The van der Waals surface area contributed by atoms with Crippen LogP contribution in [0.25, 0.3) is 44.5 Å². The third-order valence-electron chi connectivity index (χ3n) is 16.5. The number of nitrogens with zero attached hydrogens (tertiary/aromatic N) is 2. The normalized spacial score (nSPS) is 13.7. The lowest BCUT2D eigenvalue weighted by Crippen LogP contribution is -2.36. The van der Waals surface area contributed by atoms with Crippen molar-refractivity contribution in [3.8, 4) is 44.5 Å². The van der Waals surface area contributed by atoms with Crippen LogP contribution in [0.5, 0.6) is 0 Å². The Balaban J connectivity index is 1.06. The maximum Gasteiger partial charge on any atom is 0.0755 e. The monoisotopic (exact) mass is 966 g/mol. The van der Waals surface area contributed by atoms with Gasteiger partial charge in [-0.25, -0.2) is 0 Å². The Kier molecular flexibility index (Phi) is 10.0. The predicted molar refractivity (Wildman–Crippen MR) is 315 cm³/mol. The van der Waals surface area contributed by atoms with Crippen molar-refractivity contribution < 1.29 is 0 Å². The van der Waals surface area contributed by atoms with E-state index in [0.29, 0.717) is 0 Å². The van der Waals surface area contributed by atoms with Gasteiger partial charge in [-0.1, -0.05) is 261 Å². The van der Waals surface area contributed by atoms with Crippen LogP contribution in [0, 0.1) is 0 Å². The van der Waals surface area contributed by atoms with Crippen molar-refractivity contribution in [1.82, 2.24) is 0 Å². The molecule has 0 bridgehead atoms. The molecule has 15 rings (SSSR count). The van der Waals surface area contributed by atoms with E-state index in [0.717, 1.165) is 45.0 Å². The molecular formula is C74H50N2. The second kappa shape index (κ2) is 17.4. The maximum atomic E-state index is 2.62. The Hall–Kier alpha value is -9.76. The summed E-state index contributed by atoms with van der Waals surface area (Å²) in [6.07, 6.45) is 0. The van der Waals surface area contributed by atoms with Crippen molar-refractivity contribution in [3.05, 3.63) is 348 Å². The van der Waals surface area contributed by atoms with E-state index in [1.54, 1.807) is 0 Å². The Labute approximate surface area is 444 Å². The van der Waals surface area contributed by atoms with Gasteiger partial charge in [0.2, 0.25) is 0 Å². The fourth-order valence-electron chi connectivity index (χ4n) is 13.6. The van der Waals surface area contributed by atoms with Gasteiger partial charge in [-0.15, -0.1) is 0 Å². The smallest absolute Gasteiger partial charge is 0.0755 e. The quantitative estimate of drug-likeness (QED) is 0.150. The number of anilines is 6. The summed E-state index contributed by atoms with van der Waals surface area (Å²) in [4.78, 5) is 5.08. The molecule has 0 amide bonds. The van der Waals surface area contributed by atoms with Gasteiger partial charge >= 0.3 is 0 Å². The molecule has 0 unspecified atom stereocenters. The van der Waals surface area contributed by atoms with Gasteiger partial charge in [0.25, 0.3) is 0 Å². The molecule has 2 nitrogen and oxygen atoms in total. The van der Waals surface area contributed by atoms with Gasteiger partial charge in [-0.2, -0.15) is 0 Å². The number of rotatable bonds is 8. The highest BCUT2D eigenvalue weighted by Gasteiger charge is 2.53. The van der Waals surface area contributed by atoms with E-state index in [2.05, 4.69) is 313 Å². The lowest BCUT2D eigenvalue weighted by atomic mass is 9.64. The van der Waals surface area contributed by atoms with Crippen molar-refractivity contribution in [2.75, 3.05) is 9.80 Å². The van der Waals surface area contributed by atoms with Crippen LogP contribution < -0.4 is 9.80 Å². The summed E-state index contributed by atoms with van der Waals surface area (Å²) in [6, 6.07) is 113. The first-order valence-electron chi connectivity index (χ1n) is 26.4. The van der Waals surface area contributed by atoms with E-state index in [1.807, 2.05) is 0 Å². The predicted octanol–water partition coefficient (Wildman–Crippen LogP) is 19.0. The van der Waals surface area contributed by atoms with Crippen LogP contribution in [0.3, 0.4) is 0 Å². The van der Waals surface area contributed by atoms with E-state index < -0.39 is 10.8 Å². The SMILES string of the molecule is c1ccc(-c2cccc(-c3ccccc3)c2N(c2ccc3c(c2)-c2ccccc2C3(c2ccccc2)c2ccccc2)c2cccc3c2-c2ccccc2C32c3ccccc3N(c3ccccc3)c3ccccc32)cc1. The van der Waals surface area contributed by atoms with Crippen LogP contribution in [-0.4, -0.2) is 0 Å².